The van der Waals surface area contributed by atoms with Gasteiger partial charge in [0.25, 0.3) is 11.6 Å². The molecule has 0 radical (unpaired) electrons. The van der Waals surface area contributed by atoms with Gasteiger partial charge in [-0.05, 0) is 48.9 Å². The number of aromatic nitrogens is 2. The molecule has 0 bridgehead atoms. The Bertz CT molecular complexity index is 1300. The van der Waals surface area contributed by atoms with Crippen molar-refractivity contribution in [1.29, 1.82) is 0 Å². The SMILES string of the molecule is Cc1cc(OCc2ccc(C(=O)Nc3ccn(Cc4ccc(F)cc4)n3)o2)ccc1[N+](=O)[O-]. The van der Waals surface area contributed by atoms with E-state index in [1.807, 2.05) is 0 Å². The maximum absolute atomic E-state index is 13.0. The van der Waals surface area contributed by atoms with E-state index < -0.39 is 10.8 Å². The Morgan fingerprint density at radius 3 is 2.70 bits per heavy atom. The molecule has 2 aromatic heterocycles. The minimum absolute atomic E-state index is 0.0133. The lowest BCUT2D eigenvalue weighted by atomic mass is 10.2. The number of aryl methyl sites for hydroxylation is 1. The monoisotopic (exact) mass is 450 g/mol. The van der Waals surface area contributed by atoms with Crippen LogP contribution in [0.25, 0.3) is 0 Å². The summed E-state index contributed by atoms with van der Waals surface area (Å²) in [5, 5.41) is 17.8. The Balaban J connectivity index is 1.32. The maximum atomic E-state index is 13.0. The van der Waals surface area contributed by atoms with E-state index in [0.717, 1.165) is 5.56 Å². The predicted molar refractivity (Wildman–Crippen MR) is 117 cm³/mol. The number of halogens is 1. The zero-order chi connectivity index (χ0) is 23.4. The Hall–Kier alpha value is -4.47. The maximum Gasteiger partial charge on any atom is 0.292 e. The van der Waals surface area contributed by atoms with Crippen LogP contribution < -0.4 is 10.1 Å². The van der Waals surface area contributed by atoms with Gasteiger partial charge in [0.2, 0.25) is 0 Å². The Kier molecular flexibility index (Phi) is 6.16. The van der Waals surface area contributed by atoms with Crippen molar-refractivity contribution in [3.05, 3.63) is 105 Å². The molecule has 0 saturated carbocycles. The fraction of sp³-hybridized carbons (Fsp3) is 0.130. The van der Waals surface area contributed by atoms with Gasteiger partial charge in [-0.15, -0.1) is 0 Å². The third-order valence-electron chi connectivity index (χ3n) is 4.77. The summed E-state index contributed by atoms with van der Waals surface area (Å²) in [5.74, 6) is 0.516. The molecule has 0 spiro atoms. The van der Waals surface area contributed by atoms with Crippen molar-refractivity contribution in [2.45, 2.75) is 20.1 Å². The molecular formula is C23H19FN4O5. The third kappa shape index (κ3) is 5.42. The number of nitro benzene ring substituents is 1. The number of carbonyl (C=O) groups excluding carboxylic acids is 1. The van der Waals surface area contributed by atoms with E-state index in [2.05, 4.69) is 10.4 Å². The van der Waals surface area contributed by atoms with E-state index in [1.165, 1.54) is 30.3 Å². The van der Waals surface area contributed by atoms with Crippen LogP contribution in [-0.2, 0) is 13.2 Å². The fourth-order valence-corrected chi connectivity index (χ4v) is 3.13. The highest BCUT2D eigenvalue weighted by Gasteiger charge is 2.14. The molecule has 10 heteroatoms. The zero-order valence-corrected chi connectivity index (χ0v) is 17.5. The number of anilines is 1. The second-order valence-corrected chi connectivity index (χ2v) is 7.24. The number of amides is 1. The molecule has 0 saturated heterocycles. The first-order chi connectivity index (χ1) is 15.9. The van der Waals surface area contributed by atoms with Gasteiger partial charge in [0.1, 0.15) is 23.9 Å². The van der Waals surface area contributed by atoms with E-state index >= 15 is 0 Å². The van der Waals surface area contributed by atoms with E-state index in [1.54, 1.807) is 48.1 Å². The van der Waals surface area contributed by atoms with Crippen molar-refractivity contribution < 1.29 is 23.3 Å². The number of nitrogens with one attached hydrogen (secondary N) is 1. The van der Waals surface area contributed by atoms with E-state index in [9.17, 15) is 19.3 Å². The van der Waals surface area contributed by atoms with E-state index in [4.69, 9.17) is 9.15 Å². The van der Waals surface area contributed by atoms with E-state index in [0.29, 0.717) is 29.4 Å². The number of benzene rings is 2. The highest BCUT2D eigenvalue weighted by molar-refractivity contribution is 6.01. The van der Waals surface area contributed by atoms with Gasteiger partial charge in [0.05, 0.1) is 11.5 Å². The molecule has 4 rings (SSSR count). The lowest BCUT2D eigenvalue weighted by Crippen LogP contribution is -2.12. The van der Waals surface area contributed by atoms with Gasteiger partial charge < -0.3 is 14.5 Å². The number of carbonyl (C=O) groups is 1. The van der Waals surface area contributed by atoms with Gasteiger partial charge >= 0.3 is 0 Å². The molecule has 0 unspecified atom stereocenters. The first-order valence-corrected chi connectivity index (χ1v) is 9.93. The summed E-state index contributed by atoms with van der Waals surface area (Å²) in [4.78, 5) is 22.9. The van der Waals surface area contributed by atoms with Crippen LogP contribution in [0, 0.1) is 22.9 Å². The lowest BCUT2D eigenvalue weighted by Gasteiger charge is -2.05. The second kappa shape index (κ2) is 9.35. The highest BCUT2D eigenvalue weighted by atomic mass is 19.1. The van der Waals surface area contributed by atoms with Crippen molar-refractivity contribution in [2.24, 2.45) is 0 Å². The standard InChI is InChI=1S/C23H19FN4O5/c1-15-12-18(6-8-20(15)28(30)31)32-14-19-7-9-21(33-19)23(29)25-22-10-11-27(26-22)13-16-2-4-17(24)5-3-16/h2-12H,13-14H2,1H3,(H,25,26,29). The largest absolute Gasteiger partial charge is 0.486 e. The summed E-state index contributed by atoms with van der Waals surface area (Å²) in [7, 11) is 0. The van der Waals surface area contributed by atoms with Crippen molar-refractivity contribution in [3.8, 4) is 5.75 Å². The third-order valence-corrected chi connectivity index (χ3v) is 4.77. The number of ether oxygens (including phenoxy) is 1. The molecule has 0 atom stereocenters. The summed E-state index contributed by atoms with van der Waals surface area (Å²) in [6.07, 6.45) is 1.70. The van der Waals surface area contributed by atoms with Crippen molar-refractivity contribution in [1.82, 2.24) is 9.78 Å². The molecule has 4 aromatic rings. The van der Waals surface area contributed by atoms with Crippen molar-refractivity contribution in [2.75, 3.05) is 5.32 Å². The van der Waals surface area contributed by atoms with Crippen LogP contribution in [0.2, 0.25) is 0 Å². The van der Waals surface area contributed by atoms with Crippen LogP contribution in [-0.4, -0.2) is 20.6 Å². The molecule has 1 N–H and O–H groups in total. The van der Waals surface area contributed by atoms with Gasteiger partial charge in [-0.3, -0.25) is 19.6 Å². The zero-order valence-electron chi connectivity index (χ0n) is 17.5. The molecule has 168 valence electrons. The van der Waals surface area contributed by atoms with Crippen LogP contribution >= 0.6 is 0 Å². The smallest absolute Gasteiger partial charge is 0.292 e. The summed E-state index contributed by atoms with van der Waals surface area (Å²) in [5.41, 5.74) is 1.37. The molecular weight excluding hydrogens is 431 g/mol. The van der Waals surface area contributed by atoms with Crippen LogP contribution in [0.4, 0.5) is 15.9 Å². The highest BCUT2D eigenvalue weighted by Crippen LogP contribution is 2.24. The summed E-state index contributed by atoms with van der Waals surface area (Å²) < 4.78 is 25.8. The fourth-order valence-electron chi connectivity index (χ4n) is 3.13. The number of hydrogen-bond donors (Lipinski definition) is 1. The molecule has 1 amide bonds. The first kappa shape index (κ1) is 21.8. The van der Waals surface area contributed by atoms with Crippen LogP contribution in [0.3, 0.4) is 0 Å². The average Bonchev–Trinajstić information content (AvgIpc) is 3.43. The number of rotatable bonds is 8. The average molecular weight is 450 g/mol. The predicted octanol–water partition coefficient (Wildman–Crippen LogP) is 4.71. The molecule has 9 nitrogen and oxygen atoms in total. The van der Waals surface area contributed by atoms with Gasteiger partial charge in [0.15, 0.2) is 11.6 Å². The summed E-state index contributed by atoms with van der Waals surface area (Å²) in [6.45, 7) is 2.11. The van der Waals surface area contributed by atoms with Crippen LogP contribution in [0.15, 0.2) is 71.3 Å². The summed E-state index contributed by atoms with van der Waals surface area (Å²) in [6, 6.07) is 15.3. The van der Waals surface area contributed by atoms with Crippen molar-refractivity contribution in [3.63, 3.8) is 0 Å². The topological polar surface area (TPSA) is 112 Å². The Morgan fingerprint density at radius 2 is 1.97 bits per heavy atom. The summed E-state index contributed by atoms with van der Waals surface area (Å²) >= 11 is 0. The minimum Gasteiger partial charge on any atom is -0.486 e. The number of nitrogens with zero attached hydrogens (tertiary/aromatic N) is 3. The first-order valence-electron chi connectivity index (χ1n) is 9.93. The normalized spacial score (nSPS) is 10.7. The number of furan rings is 1. The van der Waals surface area contributed by atoms with Gasteiger partial charge in [0, 0.05) is 23.9 Å². The minimum atomic E-state index is -0.473. The quantitative estimate of drug-likeness (QED) is 0.307. The van der Waals surface area contributed by atoms with Gasteiger partial charge in [-0.1, -0.05) is 12.1 Å². The number of hydrogen-bond acceptors (Lipinski definition) is 6. The van der Waals surface area contributed by atoms with Crippen molar-refractivity contribution >= 4 is 17.4 Å². The van der Waals surface area contributed by atoms with Crippen LogP contribution in [0.5, 0.6) is 5.75 Å². The molecule has 33 heavy (non-hydrogen) atoms. The molecule has 2 aromatic carbocycles. The molecule has 0 aliphatic carbocycles. The van der Waals surface area contributed by atoms with Crippen LogP contribution in [0.1, 0.15) is 27.4 Å². The molecule has 2 heterocycles. The lowest BCUT2D eigenvalue weighted by molar-refractivity contribution is -0.385. The molecule has 0 fully saturated rings. The Labute approximate surface area is 187 Å². The number of nitro groups is 1. The second-order valence-electron chi connectivity index (χ2n) is 7.24. The molecule has 0 aliphatic heterocycles. The van der Waals surface area contributed by atoms with Gasteiger partial charge in [-0.2, -0.15) is 5.10 Å². The van der Waals surface area contributed by atoms with E-state index in [-0.39, 0.29) is 23.9 Å². The Morgan fingerprint density at radius 1 is 1.18 bits per heavy atom. The van der Waals surface area contributed by atoms with Gasteiger partial charge in [-0.25, -0.2) is 4.39 Å². The molecule has 0 aliphatic rings.